The van der Waals surface area contributed by atoms with Crippen molar-refractivity contribution in [3.63, 3.8) is 0 Å². The Morgan fingerprint density at radius 2 is 1.63 bits per heavy atom. The third-order valence-corrected chi connectivity index (χ3v) is 7.10. The highest BCUT2D eigenvalue weighted by atomic mass is 32.2. The third-order valence-electron chi connectivity index (χ3n) is 5.18. The maximum Gasteiger partial charge on any atom is 0.265 e. The predicted octanol–water partition coefficient (Wildman–Crippen LogP) is 2.73. The lowest BCUT2D eigenvalue weighted by molar-refractivity contribution is -0.122. The lowest BCUT2D eigenvalue weighted by Crippen LogP contribution is -2.46. The minimum Gasteiger partial charge on any atom is -0.481 e. The van der Waals surface area contributed by atoms with Crippen LogP contribution in [-0.2, 0) is 14.8 Å². The topological polar surface area (TPSA) is 78.9 Å². The smallest absolute Gasteiger partial charge is 0.265 e. The molecule has 1 aliphatic rings. The summed E-state index contributed by atoms with van der Waals surface area (Å²) in [6, 6.07) is 13.8. The number of hydrogen-bond donors (Lipinski definition) is 1. The predicted molar refractivity (Wildman–Crippen MR) is 117 cm³/mol. The van der Waals surface area contributed by atoms with Crippen LogP contribution < -0.4 is 10.1 Å². The molecule has 1 N–H and O–H groups in total. The summed E-state index contributed by atoms with van der Waals surface area (Å²) in [4.78, 5) is 14.9. The Morgan fingerprint density at radius 1 is 1.03 bits per heavy atom. The van der Waals surface area contributed by atoms with Crippen LogP contribution in [0.4, 0.5) is 5.69 Å². The molecule has 3 rings (SSSR count). The van der Waals surface area contributed by atoms with Gasteiger partial charge < -0.3 is 15.0 Å². The average molecular weight is 432 g/mol. The lowest BCUT2D eigenvalue weighted by Gasteiger charge is -2.31. The van der Waals surface area contributed by atoms with Gasteiger partial charge in [0.25, 0.3) is 5.91 Å². The van der Waals surface area contributed by atoms with E-state index in [9.17, 15) is 13.2 Å². The van der Waals surface area contributed by atoms with E-state index in [2.05, 4.69) is 10.2 Å². The maximum absolute atomic E-state index is 12.8. The van der Waals surface area contributed by atoms with E-state index in [-0.39, 0.29) is 10.8 Å². The lowest BCUT2D eigenvalue weighted by atomic mass is 10.2. The summed E-state index contributed by atoms with van der Waals surface area (Å²) >= 11 is 0. The normalized spacial score (nSPS) is 16.8. The molecule has 0 aromatic heterocycles. The van der Waals surface area contributed by atoms with Gasteiger partial charge in [0.05, 0.1) is 4.90 Å². The summed E-state index contributed by atoms with van der Waals surface area (Å²) in [5, 5.41) is 2.81. The standard InChI is InChI=1S/C22H29N3O4S/c1-4-21(29-19-9-5-17(2)6-10-19)22(26)23-18-7-11-20(12-8-18)30(27,28)25-15-13-24(3)14-16-25/h5-12,21H,4,13-16H2,1-3H3,(H,23,26). The number of nitrogens with one attached hydrogen (secondary N) is 1. The summed E-state index contributed by atoms with van der Waals surface area (Å²) in [5.74, 6) is 0.365. The van der Waals surface area contributed by atoms with Crippen molar-refractivity contribution in [1.82, 2.24) is 9.21 Å². The van der Waals surface area contributed by atoms with Crippen LogP contribution >= 0.6 is 0 Å². The fourth-order valence-corrected chi connectivity index (χ4v) is 4.64. The number of carbonyl (C=O) groups excluding carboxylic acids is 1. The zero-order chi connectivity index (χ0) is 21.7. The average Bonchev–Trinajstić information content (AvgIpc) is 2.74. The molecule has 0 saturated carbocycles. The number of aryl methyl sites for hydroxylation is 1. The second-order valence-electron chi connectivity index (χ2n) is 7.55. The first-order chi connectivity index (χ1) is 14.3. The van der Waals surface area contributed by atoms with Gasteiger partial charge in [-0.05, 0) is 56.8 Å². The molecule has 7 nitrogen and oxygen atoms in total. The van der Waals surface area contributed by atoms with Crippen LogP contribution in [0.2, 0.25) is 0 Å². The Morgan fingerprint density at radius 3 is 2.20 bits per heavy atom. The van der Waals surface area contributed by atoms with Gasteiger partial charge in [-0.2, -0.15) is 4.31 Å². The van der Waals surface area contributed by atoms with E-state index < -0.39 is 16.1 Å². The molecule has 1 saturated heterocycles. The van der Waals surface area contributed by atoms with Gasteiger partial charge in [-0.15, -0.1) is 0 Å². The van der Waals surface area contributed by atoms with Crippen LogP contribution in [-0.4, -0.2) is 62.9 Å². The van der Waals surface area contributed by atoms with Crippen molar-refractivity contribution >= 4 is 21.6 Å². The second kappa shape index (κ2) is 9.59. The highest BCUT2D eigenvalue weighted by Gasteiger charge is 2.27. The molecule has 1 unspecified atom stereocenters. The zero-order valence-electron chi connectivity index (χ0n) is 17.7. The number of sulfonamides is 1. The van der Waals surface area contributed by atoms with Gasteiger partial charge in [0.15, 0.2) is 6.10 Å². The number of ether oxygens (including phenoxy) is 1. The molecule has 1 fully saturated rings. The summed E-state index contributed by atoms with van der Waals surface area (Å²) in [6.45, 7) is 6.25. The largest absolute Gasteiger partial charge is 0.481 e. The molecule has 1 heterocycles. The van der Waals surface area contributed by atoms with Crippen molar-refractivity contribution in [3.05, 3.63) is 54.1 Å². The summed E-state index contributed by atoms with van der Waals surface area (Å²) in [7, 11) is -1.55. The van der Waals surface area contributed by atoms with Gasteiger partial charge >= 0.3 is 0 Å². The van der Waals surface area contributed by atoms with Gasteiger partial charge in [0.2, 0.25) is 10.0 Å². The van der Waals surface area contributed by atoms with Crippen LogP contribution in [0.15, 0.2) is 53.4 Å². The molecule has 0 spiro atoms. The number of anilines is 1. The van der Waals surface area contributed by atoms with E-state index >= 15 is 0 Å². The number of piperazine rings is 1. The van der Waals surface area contributed by atoms with Crippen molar-refractivity contribution in [2.24, 2.45) is 0 Å². The number of likely N-dealkylation sites (N-methyl/N-ethyl adjacent to an activating group) is 1. The molecule has 2 aromatic rings. The highest BCUT2D eigenvalue weighted by molar-refractivity contribution is 7.89. The Balaban J connectivity index is 1.64. The Kier molecular flexibility index (Phi) is 7.12. The molecule has 30 heavy (non-hydrogen) atoms. The van der Waals surface area contributed by atoms with Crippen molar-refractivity contribution in [3.8, 4) is 5.75 Å². The molecule has 0 radical (unpaired) electrons. The number of nitrogens with zero attached hydrogens (tertiary/aromatic N) is 2. The van der Waals surface area contributed by atoms with Gasteiger partial charge in [0.1, 0.15) is 5.75 Å². The van der Waals surface area contributed by atoms with E-state index in [1.807, 2.05) is 45.2 Å². The number of carbonyl (C=O) groups is 1. The van der Waals surface area contributed by atoms with Gasteiger partial charge in [-0.25, -0.2) is 8.42 Å². The van der Waals surface area contributed by atoms with E-state index in [0.29, 0.717) is 44.0 Å². The monoisotopic (exact) mass is 431 g/mol. The van der Waals surface area contributed by atoms with Crippen molar-refractivity contribution in [2.75, 3.05) is 38.5 Å². The number of hydrogen-bond acceptors (Lipinski definition) is 5. The van der Waals surface area contributed by atoms with E-state index in [1.54, 1.807) is 12.1 Å². The van der Waals surface area contributed by atoms with E-state index in [1.165, 1.54) is 16.4 Å². The minimum absolute atomic E-state index is 0.230. The van der Waals surface area contributed by atoms with Crippen LogP contribution in [0.5, 0.6) is 5.75 Å². The second-order valence-corrected chi connectivity index (χ2v) is 9.49. The molecule has 1 atom stereocenters. The number of benzene rings is 2. The maximum atomic E-state index is 12.8. The number of rotatable bonds is 7. The zero-order valence-corrected chi connectivity index (χ0v) is 18.5. The Labute approximate surface area is 178 Å². The minimum atomic E-state index is -3.53. The Hall–Kier alpha value is -2.42. The molecule has 1 amide bonds. The first-order valence-corrected chi connectivity index (χ1v) is 11.6. The Bertz CT molecular complexity index is 951. The molecular formula is C22H29N3O4S. The molecule has 8 heteroatoms. The van der Waals surface area contributed by atoms with Gasteiger partial charge in [0, 0.05) is 31.9 Å². The molecule has 1 aliphatic heterocycles. The third kappa shape index (κ3) is 5.38. The molecule has 2 aromatic carbocycles. The van der Waals surface area contributed by atoms with E-state index in [0.717, 1.165) is 5.56 Å². The first kappa shape index (κ1) is 22.3. The van der Waals surface area contributed by atoms with Gasteiger partial charge in [-0.3, -0.25) is 4.79 Å². The van der Waals surface area contributed by atoms with Crippen molar-refractivity contribution < 1.29 is 17.9 Å². The fourth-order valence-electron chi connectivity index (χ4n) is 3.21. The quantitative estimate of drug-likeness (QED) is 0.729. The fraction of sp³-hybridized carbons (Fsp3) is 0.409. The van der Waals surface area contributed by atoms with Crippen LogP contribution in [0.25, 0.3) is 0 Å². The van der Waals surface area contributed by atoms with Gasteiger partial charge in [-0.1, -0.05) is 24.6 Å². The first-order valence-electron chi connectivity index (χ1n) is 10.1. The van der Waals surface area contributed by atoms with Crippen LogP contribution in [0.3, 0.4) is 0 Å². The molecule has 0 bridgehead atoms. The van der Waals surface area contributed by atoms with Crippen molar-refractivity contribution in [1.29, 1.82) is 0 Å². The summed E-state index contributed by atoms with van der Waals surface area (Å²) < 4.78 is 32.9. The number of amides is 1. The van der Waals surface area contributed by atoms with Crippen LogP contribution in [0.1, 0.15) is 18.9 Å². The van der Waals surface area contributed by atoms with Crippen molar-refractivity contribution in [2.45, 2.75) is 31.3 Å². The molecule has 162 valence electrons. The molecule has 0 aliphatic carbocycles. The van der Waals surface area contributed by atoms with E-state index in [4.69, 9.17) is 4.74 Å². The highest BCUT2D eigenvalue weighted by Crippen LogP contribution is 2.21. The summed E-state index contributed by atoms with van der Waals surface area (Å²) in [6.07, 6.45) is -0.128. The van der Waals surface area contributed by atoms with Crippen LogP contribution in [0, 0.1) is 6.92 Å². The summed E-state index contributed by atoms with van der Waals surface area (Å²) in [5.41, 5.74) is 1.65. The molecular weight excluding hydrogens is 402 g/mol. The SMILES string of the molecule is CCC(Oc1ccc(C)cc1)C(=O)Nc1ccc(S(=O)(=O)N2CCN(C)CC2)cc1.